The van der Waals surface area contributed by atoms with Gasteiger partial charge in [0.2, 0.25) is 0 Å². The summed E-state index contributed by atoms with van der Waals surface area (Å²) in [5, 5.41) is 9.03. The lowest BCUT2D eigenvalue weighted by Crippen LogP contribution is -2.27. The van der Waals surface area contributed by atoms with E-state index in [1.807, 2.05) is 0 Å². The summed E-state index contributed by atoms with van der Waals surface area (Å²) in [6, 6.07) is 4.37. The molecule has 0 bridgehead atoms. The van der Waals surface area contributed by atoms with E-state index in [4.69, 9.17) is 5.11 Å². The third kappa shape index (κ3) is 2.98. The number of rotatable bonds is 5. The number of nitrogens with zero attached hydrogens (tertiary/aromatic N) is 2. The Balaban J connectivity index is 1.99. The highest BCUT2D eigenvalue weighted by Crippen LogP contribution is 2.08. The zero-order chi connectivity index (χ0) is 13.0. The van der Waals surface area contributed by atoms with Crippen LogP contribution in [-0.2, 0) is 6.54 Å². The molecule has 0 aromatic carbocycles. The Morgan fingerprint density at radius 3 is 2.61 bits per heavy atom. The second-order valence-corrected chi connectivity index (χ2v) is 4.61. The molecule has 98 valence electrons. The fourth-order valence-corrected chi connectivity index (χ4v) is 2.40. The van der Waals surface area contributed by atoms with Crippen LogP contribution in [0, 0.1) is 0 Å². The summed E-state index contributed by atoms with van der Waals surface area (Å²) in [7, 11) is 0. The maximum Gasteiger partial charge on any atom is 0.352 e. The molecule has 5 nitrogen and oxygen atoms in total. The average molecular weight is 250 g/mol. The highest BCUT2D eigenvalue weighted by Gasteiger charge is 2.13. The van der Waals surface area contributed by atoms with Crippen LogP contribution in [0.1, 0.15) is 29.8 Å². The highest BCUT2D eigenvalue weighted by molar-refractivity contribution is 5.85. The summed E-state index contributed by atoms with van der Waals surface area (Å²) < 4.78 is 1.35. The van der Waals surface area contributed by atoms with Crippen LogP contribution in [0.5, 0.6) is 0 Å². The molecular weight excluding hydrogens is 232 g/mol. The largest absolute Gasteiger partial charge is 0.477 e. The third-order valence-electron chi connectivity index (χ3n) is 3.32. The lowest BCUT2D eigenvalue weighted by atomic mass is 10.3. The molecule has 1 aliphatic heterocycles. The van der Waals surface area contributed by atoms with Crippen molar-refractivity contribution in [3.63, 3.8) is 0 Å². The van der Waals surface area contributed by atoms with Crippen molar-refractivity contribution < 1.29 is 9.90 Å². The van der Waals surface area contributed by atoms with Crippen molar-refractivity contribution in [2.45, 2.75) is 25.8 Å². The first kappa shape index (κ1) is 12.8. The van der Waals surface area contributed by atoms with Crippen molar-refractivity contribution in [2.75, 3.05) is 19.6 Å². The number of aromatic carboxylic acids is 1. The van der Waals surface area contributed by atoms with Gasteiger partial charge >= 0.3 is 5.97 Å². The standard InChI is InChI=1S/C13H18N2O3/c16-12-6-3-5-11(13(17)18)15(12)10-4-9-14-7-1-2-8-14/h3,5-6H,1-2,4,7-10H2,(H,17,18). The quantitative estimate of drug-likeness (QED) is 0.848. The summed E-state index contributed by atoms with van der Waals surface area (Å²) in [6.07, 6.45) is 3.29. The van der Waals surface area contributed by atoms with E-state index in [0.29, 0.717) is 6.54 Å². The normalized spacial score (nSPS) is 16.0. The van der Waals surface area contributed by atoms with E-state index in [1.54, 1.807) is 0 Å². The number of hydrogen-bond acceptors (Lipinski definition) is 3. The number of likely N-dealkylation sites (tertiary alicyclic amines) is 1. The molecule has 0 saturated carbocycles. The second-order valence-electron chi connectivity index (χ2n) is 4.61. The van der Waals surface area contributed by atoms with Crippen LogP contribution in [0.2, 0.25) is 0 Å². The van der Waals surface area contributed by atoms with Crippen molar-refractivity contribution in [1.29, 1.82) is 0 Å². The number of pyridine rings is 1. The molecule has 2 heterocycles. The van der Waals surface area contributed by atoms with Crippen LogP contribution in [0.25, 0.3) is 0 Å². The summed E-state index contributed by atoms with van der Waals surface area (Å²) >= 11 is 0. The predicted molar refractivity (Wildman–Crippen MR) is 68.0 cm³/mol. The fourth-order valence-electron chi connectivity index (χ4n) is 2.40. The van der Waals surface area contributed by atoms with Crippen LogP contribution in [0.3, 0.4) is 0 Å². The van der Waals surface area contributed by atoms with Gasteiger partial charge in [0, 0.05) is 12.6 Å². The van der Waals surface area contributed by atoms with Crippen molar-refractivity contribution in [1.82, 2.24) is 9.47 Å². The topological polar surface area (TPSA) is 62.5 Å². The molecule has 1 aliphatic rings. The van der Waals surface area contributed by atoms with Crippen LogP contribution < -0.4 is 5.56 Å². The molecule has 0 amide bonds. The Kier molecular flexibility index (Phi) is 4.15. The predicted octanol–water partition coefficient (Wildman–Crippen LogP) is 1.03. The highest BCUT2D eigenvalue weighted by atomic mass is 16.4. The molecule has 0 unspecified atom stereocenters. The second kappa shape index (κ2) is 5.82. The number of carboxylic acids is 1. The minimum atomic E-state index is -1.05. The smallest absolute Gasteiger partial charge is 0.352 e. The van der Waals surface area contributed by atoms with E-state index in [1.165, 1.54) is 35.6 Å². The zero-order valence-corrected chi connectivity index (χ0v) is 10.3. The van der Waals surface area contributed by atoms with Gasteiger partial charge in [-0.1, -0.05) is 6.07 Å². The van der Waals surface area contributed by atoms with Gasteiger partial charge in [-0.2, -0.15) is 0 Å². The van der Waals surface area contributed by atoms with Gasteiger partial charge in [0.25, 0.3) is 5.56 Å². The summed E-state index contributed by atoms with van der Waals surface area (Å²) in [6.45, 7) is 3.64. The van der Waals surface area contributed by atoms with Gasteiger partial charge in [-0.15, -0.1) is 0 Å². The lowest BCUT2D eigenvalue weighted by Gasteiger charge is -2.15. The van der Waals surface area contributed by atoms with Gasteiger partial charge in [0.1, 0.15) is 5.69 Å². The monoisotopic (exact) mass is 250 g/mol. The average Bonchev–Trinajstić information content (AvgIpc) is 2.84. The lowest BCUT2D eigenvalue weighted by molar-refractivity contribution is 0.0683. The number of carbonyl (C=O) groups is 1. The number of carboxylic acid groups (broad SMARTS) is 1. The number of hydrogen-bond donors (Lipinski definition) is 1. The van der Waals surface area contributed by atoms with Gasteiger partial charge in [-0.25, -0.2) is 4.79 Å². The maximum atomic E-state index is 11.7. The maximum absolute atomic E-state index is 11.7. The Morgan fingerprint density at radius 2 is 1.94 bits per heavy atom. The summed E-state index contributed by atoms with van der Waals surface area (Å²) in [4.78, 5) is 25.0. The first-order chi connectivity index (χ1) is 8.68. The van der Waals surface area contributed by atoms with Crippen molar-refractivity contribution >= 4 is 5.97 Å². The first-order valence-corrected chi connectivity index (χ1v) is 6.34. The minimum Gasteiger partial charge on any atom is -0.477 e. The van der Waals surface area contributed by atoms with Crippen molar-refractivity contribution in [2.24, 2.45) is 0 Å². The molecule has 1 saturated heterocycles. The molecule has 0 atom stereocenters. The molecule has 2 rings (SSSR count). The van der Waals surface area contributed by atoms with E-state index < -0.39 is 5.97 Å². The van der Waals surface area contributed by atoms with E-state index in [-0.39, 0.29) is 11.3 Å². The Bertz CT molecular complexity index is 475. The first-order valence-electron chi connectivity index (χ1n) is 6.34. The Hall–Kier alpha value is -1.62. The van der Waals surface area contributed by atoms with Crippen molar-refractivity contribution in [3.05, 3.63) is 34.2 Å². The van der Waals surface area contributed by atoms with E-state index >= 15 is 0 Å². The van der Waals surface area contributed by atoms with Crippen LogP contribution in [-0.4, -0.2) is 40.2 Å². The van der Waals surface area contributed by atoms with Crippen LogP contribution in [0.15, 0.2) is 23.0 Å². The molecule has 0 aliphatic carbocycles. The van der Waals surface area contributed by atoms with Gasteiger partial charge in [-0.05, 0) is 45.0 Å². The Labute approximate surface area is 106 Å². The third-order valence-corrected chi connectivity index (χ3v) is 3.32. The Morgan fingerprint density at radius 1 is 1.22 bits per heavy atom. The van der Waals surface area contributed by atoms with Gasteiger partial charge in [-0.3, -0.25) is 4.79 Å². The van der Waals surface area contributed by atoms with Gasteiger partial charge in [0.05, 0.1) is 0 Å². The van der Waals surface area contributed by atoms with Gasteiger partial charge < -0.3 is 14.6 Å². The minimum absolute atomic E-state index is 0.0731. The molecule has 1 aromatic rings. The van der Waals surface area contributed by atoms with E-state index in [9.17, 15) is 9.59 Å². The molecule has 0 radical (unpaired) electrons. The van der Waals surface area contributed by atoms with Crippen molar-refractivity contribution in [3.8, 4) is 0 Å². The molecule has 18 heavy (non-hydrogen) atoms. The summed E-state index contributed by atoms with van der Waals surface area (Å²) in [5.74, 6) is -1.05. The SMILES string of the molecule is O=C(O)c1cccc(=O)n1CCCN1CCCC1. The van der Waals surface area contributed by atoms with E-state index in [0.717, 1.165) is 26.1 Å². The van der Waals surface area contributed by atoms with Crippen LogP contribution in [0.4, 0.5) is 0 Å². The fraction of sp³-hybridized carbons (Fsp3) is 0.538. The molecule has 5 heteroatoms. The number of aromatic nitrogens is 1. The van der Waals surface area contributed by atoms with Crippen LogP contribution >= 0.6 is 0 Å². The molecule has 0 spiro atoms. The summed E-state index contributed by atoms with van der Waals surface area (Å²) in [5.41, 5.74) is -0.166. The molecule has 1 N–H and O–H groups in total. The molecule has 1 fully saturated rings. The molecular formula is C13H18N2O3. The molecule has 1 aromatic heterocycles. The zero-order valence-electron chi connectivity index (χ0n) is 10.3. The van der Waals surface area contributed by atoms with E-state index in [2.05, 4.69) is 4.90 Å². The van der Waals surface area contributed by atoms with Gasteiger partial charge in [0.15, 0.2) is 0 Å².